The number of nitrogens with zero attached hydrogens (tertiary/aromatic N) is 2. The van der Waals surface area contributed by atoms with E-state index in [1.165, 1.54) is 0 Å². The summed E-state index contributed by atoms with van der Waals surface area (Å²) >= 11 is 3.32. The molecule has 5 nitrogen and oxygen atoms in total. The number of ether oxygens (including phenoxy) is 2. The molecule has 0 saturated carbocycles. The van der Waals surface area contributed by atoms with E-state index in [0.29, 0.717) is 31.5 Å². The lowest BCUT2D eigenvalue weighted by Gasteiger charge is -2.39. The normalized spacial score (nSPS) is 15.7. The van der Waals surface area contributed by atoms with Gasteiger partial charge in [-0.2, -0.15) is 0 Å². The highest BCUT2D eigenvalue weighted by Crippen LogP contribution is 2.21. The standard InChI is InChI=1S/C14H19BrN2O3/c1-14(2,3)20-13(18)17-7-10(8-17)9-19-12-5-4-11(15)6-16-12/h4-6,10H,7-9H2,1-3H3. The number of halogens is 1. The first-order valence-electron chi connectivity index (χ1n) is 6.56. The van der Waals surface area contributed by atoms with E-state index in [9.17, 15) is 4.79 Å². The molecule has 0 bridgehead atoms. The van der Waals surface area contributed by atoms with Crippen LogP contribution in [-0.2, 0) is 4.74 Å². The number of carbonyl (C=O) groups is 1. The molecule has 2 rings (SSSR count). The van der Waals surface area contributed by atoms with Crippen molar-refractivity contribution >= 4 is 22.0 Å². The van der Waals surface area contributed by atoms with Gasteiger partial charge in [0.15, 0.2) is 0 Å². The lowest BCUT2D eigenvalue weighted by molar-refractivity contribution is -0.00807. The van der Waals surface area contributed by atoms with Gasteiger partial charge in [-0.3, -0.25) is 0 Å². The van der Waals surface area contributed by atoms with Gasteiger partial charge in [-0.15, -0.1) is 0 Å². The summed E-state index contributed by atoms with van der Waals surface area (Å²) in [7, 11) is 0. The van der Waals surface area contributed by atoms with Crippen molar-refractivity contribution in [3.63, 3.8) is 0 Å². The van der Waals surface area contributed by atoms with Crippen molar-refractivity contribution in [2.45, 2.75) is 26.4 Å². The molecule has 0 aliphatic carbocycles. The van der Waals surface area contributed by atoms with E-state index in [0.717, 1.165) is 4.47 Å². The van der Waals surface area contributed by atoms with Crippen LogP contribution >= 0.6 is 15.9 Å². The van der Waals surface area contributed by atoms with Gasteiger partial charge in [0.25, 0.3) is 0 Å². The Morgan fingerprint density at radius 1 is 1.45 bits per heavy atom. The second-order valence-corrected chi connectivity index (χ2v) is 6.79. The van der Waals surface area contributed by atoms with Gasteiger partial charge in [0.1, 0.15) is 5.60 Å². The summed E-state index contributed by atoms with van der Waals surface area (Å²) in [5.41, 5.74) is -0.444. The summed E-state index contributed by atoms with van der Waals surface area (Å²) in [6.45, 7) is 7.50. The molecule has 0 radical (unpaired) electrons. The monoisotopic (exact) mass is 342 g/mol. The topological polar surface area (TPSA) is 51.7 Å². The number of carbonyl (C=O) groups excluding carboxylic acids is 1. The molecule has 0 atom stereocenters. The Hall–Kier alpha value is -1.30. The fourth-order valence-corrected chi connectivity index (χ4v) is 2.04. The molecule has 110 valence electrons. The van der Waals surface area contributed by atoms with E-state index in [1.54, 1.807) is 11.1 Å². The molecule has 0 N–H and O–H groups in total. The number of likely N-dealkylation sites (tertiary alicyclic amines) is 1. The van der Waals surface area contributed by atoms with E-state index >= 15 is 0 Å². The molecule has 1 aromatic rings. The van der Waals surface area contributed by atoms with Crippen molar-refractivity contribution in [1.82, 2.24) is 9.88 Å². The molecular formula is C14H19BrN2O3. The molecule has 1 amide bonds. The van der Waals surface area contributed by atoms with E-state index in [4.69, 9.17) is 9.47 Å². The van der Waals surface area contributed by atoms with Crippen LogP contribution in [0.4, 0.5) is 4.79 Å². The van der Waals surface area contributed by atoms with Crippen LogP contribution in [0.1, 0.15) is 20.8 Å². The third-order valence-corrected chi connectivity index (χ3v) is 3.25. The van der Waals surface area contributed by atoms with Gasteiger partial charge >= 0.3 is 6.09 Å². The van der Waals surface area contributed by atoms with Crippen LogP contribution in [0.5, 0.6) is 5.88 Å². The molecule has 2 heterocycles. The first-order chi connectivity index (χ1) is 9.33. The highest BCUT2D eigenvalue weighted by Gasteiger charge is 2.34. The molecule has 6 heteroatoms. The predicted molar refractivity (Wildman–Crippen MR) is 78.7 cm³/mol. The van der Waals surface area contributed by atoms with Gasteiger partial charge in [-0.05, 0) is 42.8 Å². The summed E-state index contributed by atoms with van der Waals surface area (Å²) < 4.78 is 11.8. The fourth-order valence-electron chi connectivity index (χ4n) is 1.80. The average molecular weight is 343 g/mol. The maximum absolute atomic E-state index is 11.7. The SMILES string of the molecule is CC(C)(C)OC(=O)N1CC(COc2ccc(Br)cn2)C1. The van der Waals surface area contributed by atoms with Crippen LogP contribution in [0.3, 0.4) is 0 Å². The molecule has 0 spiro atoms. The minimum Gasteiger partial charge on any atom is -0.477 e. The summed E-state index contributed by atoms with van der Waals surface area (Å²) in [5, 5.41) is 0. The van der Waals surface area contributed by atoms with Crippen LogP contribution in [0, 0.1) is 5.92 Å². The Balaban J connectivity index is 1.69. The van der Waals surface area contributed by atoms with Gasteiger partial charge in [0.2, 0.25) is 5.88 Å². The molecule has 1 aliphatic heterocycles. The molecule has 0 unspecified atom stereocenters. The summed E-state index contributed by atoms with van der Waals surface area (Å²) in [6.07, 6.45) is 1.44. The van der Waals surface area contributed by atoms with Crippen LogP contribution < -0.4 is 4.74 Å². The maximum atomic E-state index is 11.7. The van der Waals surface area contributed by atoms with Gasteiger partial charge < -0.3 is 14.4 Å². The first-order valence-corrected chi connectivity index (χ1v) is 7.35. The van der Waals surface area contributed by atoms with Crippen LogP contribution in [0.2, 0.25) is 0 Å². The third kappa shape index (κ3) is 4.37. The summed E-state index contributed by atoms with van der Waals surface area (Å²) in [6, 6.07) is 3.70. The molecule has 0 aromatic carbocycles. The number of aromatic nitrogens is 1. The van der Waals surface area contributed by atoms with Crippen LogP contribution in [0.25, 0.3) is 0 Å². The lowest BCUT2D eigenvalue weighted by atomic mass is 10.0. The van der Waals surface area contributed by atoms with E-state index in [2.05, 4.69) is 20.9 Å². The van der Waals surface area contributed by atoms with Crippen molar-refractivity contribution in [2.24, 2.45) is 5.92 Å². The zero-order valence-electron chi connectivity index (χ0n) is 11.9. The Labute approximate surface area is 127 Å². The van der Waals surface area contributed by atoms with E-state index in [1.807, 2.05) is 32.9 Å². The van der Waals surface area contributed by atoms with Crippen molar-refractivity contribution in [3.05, 3.63) is 22.8 Å². The number of amides is 1. The number of rotatable bonds is 3. The number of hydrogen-bond donors (Lipinski definition) is 0. The molecular weight excluding hydrogens is 324 g/mol. The average Bonchev–Trinajstić information content (AvgIpc) is 2.27. The Kier molecular flexibility index (Phi) is 4.52. The Bertz CT molecular complexity index is 464. The fraction of sp³-hybridized carbons (Fsp3) is 0.571. The quantitative estimate of drug-likeness (QED) is 0.846. The molecule has 20 heavy (non-hydrogen) atoms. The third-order valence-electron chi connectivity index (χ3n) is 2.78. The van der Waals surface area contributed by atoms with Gasteiger partial charge in [-0.25, -0.2) is 9.78 Å². The van der Waals surface area contributed by atoms with Crippen molar-refractivity contribution in [3.8, 4) is 5.88 Å². The highest BCUT2D eigenvalue weighted by atomic mass is 79.9. The minimum absolute atomic E-state index is 0.254. The number of pyridine rings is 1. The summed E-state index contributed by atoms with van der Waals surface area (Å²) in [4.78, 5) is 17.6. The second kappa shape index (κ2) is 5.99. The zero-order chi connectivity index (χ0) is 14.8. The first kappa shape index (κ1) is 15.1. The Morgan fingerprint density at radius 2 is 2.15 bits per heavy atom. The van der Waals surface area contributed by atoms with Crippen molar-refractivity contribution < 1.29 is 14.3 Å². The molecule has 1 fully saturated rings. The molecule has 1 saturated heterocycles. The Morgan fingerprint density at radius 3 is 2.70 bits per heavy atom. The minimum atomic E-state index is -0.444. The van der Waals surface area contributed by atoms with Gasteiger partial charge in [0.05, 0.1) is 6.61 Å². The van der Waals surface area contributed by atoms with Gasteiger partial charge in [0, 0.05) is 35.7 Å². The van der Waals surface area contributed by atoms with Crippen molar-refractivity contribution in [1.29, 1.82) is 0 Å². The smallest absolute Gasteiger partial charge is 0.410 e. The summed E-state index contributed by atoms with van der Waals surface area (Å²) in [5.74, 6) is 0.942. The van der Waals surface area contributed by atoms with E-state index in [-0.39, 0.29) is 6.09 Å². The molecule has 1 aromatic heterocycles. The highest BCUT2D eigenvalue weighted by molar-refractivity contribution is 9.10. The second-order valence-electron chi connectivity index (χ2n) is 5.88. The van der Waals surface area contributed by atoms with Crippen molar-refractivity contribution in [2.75, 3.05) is 19.7 Å². The van der Waals surface area contributed by atoms with Crippen LogP contribution in [-0.4, -0.2) is 41.3 Å². The predicted octanol–water partition coefficient (Wildman–Crippen LogP) is 3.09. The van der Waals surface area contributed by atoms with Gasteiger partial charge in [-0.1, -0.05) is 0 Å². The zero-order valence-corrected chi connectivity index (χ0v) is 13.5. The maximum Gasteiger partial charge on any atom is 0.410 e. The largest absolute Gasteiger partial charge is 0.477 e. The van der Waals surface area contributed by atoms with Crippen LogP contribution in [0.15, 0.2) is 22.8 Å². The lowest BCUT2D eigenvalue weighted by Crippen LogP contribution is -2.53. The molecule has 1 aliphatic rings. The number of hydrogen-bond acceptors (Lipinski definition) is 4. The van der Waals surface area contributed by atoms with E-state index < -0.39 is 5.60 Å².